The van der Waals surface area contributed by atoms with Crippen molar-refractivity contribution in [2.45, 2.75) is 32.7 Å². The van der Waals surface area contributed by atoms with Crippen molar-refractivity contribution >= 4 is 12.0 Å². The van der Waals surface area contributed by atoms with Gasteiger partial charge >= 0.3 is 12.0 Å². The van der Waals surface area contributed by atoms with Crippen molar-refractivity contribution in [2.24, 2.45) is 13.0 Å². The zero-order valence-electron chi connectivity index (χ0n) is 12.1. The molecular weight excluding hydrogens is 260 g/mol. The van der Waals surface area contributed by atoms with Gasteiger partial charge in [-0.05, 0) is 24.3 Å². The van der Waals surface area contributed by atoms with E-state index in [9.17, 15) is 9.59 Å². The van der Waals surface area contributed by atoms with Crippen LogP contribution in [0.25, 0.3) is 0 Å². The standard InChI is InChI=1S/C13H22N4O3/c1-9(2)6-11(12(18)19)16-13(20)14-5-4-10-7-15-17(3)8-10/h7-9,11H,4-6H2,1-3H3,(H,18,19)(H2,14,16,20)/t11-/m0/s1. The Morgan fingerprint density at radius 1 is 1.45 bits per heavy atom. The quantitative estimate of drug-likeness (QED) is 0.688. The lowest BCUT2D eigenvalue weighted by Crippen LogP contribution is -2.47. The van der Waals surface area contributed by atoms with E-state index < -0.39 is 18.0 Å². The van der Waals surface area contributed by atoms with E-state index in [4.69, 9.17) is 5.11 Å². The van der Waals surface area contributed by atoms with E-state index in [0.717, 1.165) is 5.56 Å². The fraction of sp³-hybridized carbons (Fsp3) is 0.615. The minimum atomic E-state index is -1.01. The maximum absolute atomic E-state index is 11.6. The fourth-order valence-electron chi connectivity index (χ4n) is 1.82. The molecule has 2 amide bonds. The lowest BCUT2D eigenvalue weighted by molar-refractivity contribution is -0.139. The summed E-state index contributed by atoms with van der Waals surface area (Å²) in [5.41, 5.74) is 1.02. The maximum Gasteiger partial charge on any atom is 0.326 e. The van der Waals surface area contributed by atoms with Gasteiger partial charge < -0.3 is 15.7 Å². The predicted octanol–water partition coefficient (Wildman–Crippen LogP) is 0.761. The summed E-state index contributed by atoms with van der Waals surface area (Å²) >= 11 is 0. The molecule has 0 bridgehead atoms. The lowest BCUT2D eigenvalue weighted by atomic mass is 10.0. The number of aliphatic carboxylic acids is 1. The lowest BCUT2D eigenvalue weighted by Gasteiger charge is -2.16. The number of rotatable bonds is 7. The molecule has 7 nitrogen and oxygen atoms in total. The summed E-state index contributed by atoms with van der Waals surface area (Å²) in [5, 5.41) is 18.2. The number of aryl methyl sites for hydroxylation is 1. The second kappa shape index (κ2) is 7.52. The number of hydrogen-bond acceptors (Lipinski definition) is 3. The van der Waals surface area contributed by atoms with Crippen LogP contribution in [0, 0.1) is 5.92 Å². The van der Waals surface area contributed by atoms with E-state index in [1.54, 1.807) is 10.9 Å². The normalized spacial score (nSPS) is 12.2. The number of aromatic nitrogens is 2. The van der Waals surface area contributed by atoms with Crippen molar-refractivity contribution in [3.8, 4) is 0 Å². The monoisotopic (exact) mass is 282 g/mol. The van der Waals surface area contributed by atoms with Gasteiger partial charge in [-0.2, -0.15) is 5.10 Å². The Kier molecular flexibility index (Phi) is 6.02. The summed E-state index contributed by atoms with van der Waals surface area (Å²) in [6.07, 6.45) is 4.67. The molecule has 1 aromatic heterocycles. The minimum absolute atomic E-state index is 0.201. The van der Waals surface area contributed by atoms with Crippen molar-refractivity contribution in [1.29, 1.82) is 0 Å². The van der Waals surface area contributed by atoms with E-state index in [1.165, 1.54) is 0 Å². The fourth-order valence-corrected chi connectivity index (χ4v) is 1.82. The van der Waals surface area contributed by atoms with Crippen molar-refractivity contribution in [2.75, 3.05) is 6.54 Å². The van der Waals surface area contributed by atoms with Crippen molar-refractivity contribution in [1.82, 2.24) is 20.4 Å². The second-order valence-corrected chi connectivity index (χ2v) is 5.19. The number of carboxylic acid groups (broad SMARTS) is 1. The number of carboxylic acids is 1. The van der Waals surface area contributed by atoms with Crippen LogP contribution in [0.4, 0.5) is 4.79 Å². The second-order valence-electron chi connectivity index (χ2n) is 5.19. The molecule has 112 valence electrons. The molecule has 0 saturated carbocycles. The first-order chi connectivity index (χ1) is 9.38. The van der Waals surface area contributed by atoms with Gasteiger partial charge in [-0.25, -0.2) is 9.59 Å². The molecule has 3 N–H and O–H groups in total. The number of nitrogens with one attached hydrogen (secondary N) is 2. The third kappa shape index (κ3) is 5.73. The predicted molar refractivity (Wildman–Crippen MR) is 74.3 cm³/mol. The highest BCUT2D eigenvalue weighted by Crippen LogP contribution is 2.04. The van der Waals surface area contributed by atoms with Gasteiger partial charge in [-0.15, -0.1) is 0 Å². The van der Waals surface area contributed by atoms with Crippen LogP contribution in [0.15, 0.2) is 12.4 Å². The number of urea groups is 1. The largest absolute Gasteiger partial charge is 0.480 e. The molecule has 1 rings (SSSR count). The molecule has 0 saturated heterocycles. The molecule has 0 aliphatic carbocycles. The average Bonchev–Trinajstić information content (AvgIpc) is 2.73. The van der Waals surface area contributed by atoms with Crippen LogP contribution >= 0.6 is 0 Å². The van der Waals surface area contributed by atoms with Gasteiger partial charge in [0.15, 0.2) is 0 Å². The Morgan fingerprint density at radius 3 is 2.65 bits per heavy atom. The van der Waals surface area contributed by atoms with Gasteiger partial charge in [-0.1, -0.05) is 13.8 Å². The number of hydrogen-bond donors (Lipinski definition) is 3. The summed E-state index contributed by atoms with van der Waals surface area (Å²) in [5.74, 6) is -0.812. The highest BCUT2D eigenvalue weighted by molar-refractivity contribution is 5.82. The third-order valence-corrected chi connectivity index (χ3v) is 2.77. The molecule has 1 heterocycles. The minimum Gasteiger partial charge on any atom is -0.480 e. The summed E-state index contributed by atoms with van der Waals surface area (Å²) < 4.78 is 1.69. The van der Waals surface area contributed by atoms with Gasteiger partial charge in [0.2, 0.25) is 0 Å². The van der Waals surface area contributed by atoms with Gasteiger partial charge in [0, 0.05) is 19.8 Å². The summed E-state index contributed by atoms with van der Waals surface area (Å²) in [6, 6.07) is -1.31. The van der Waals surface area contributed by atoms with E-state index >= 15 is 0 Å². The van der Waals surface area contributed by atoms with Crippen LogP contribution in [0.5, 0.6) is 0 Å². The van der Waals surface area contributed by atoms with E-state index in [-0.39, 0.29) is 5.92 Å². The molecular formula is C13H22N4O3. The first kappa shape index (κ1) is 16.0. The molecule has 20 heavy (non-hydrogen) atoms. The number of carbonyl (C=O) groups is 2. The molecule has 7 heteroatoms. The van der Waals surface area contributed by atoms with Crippen LogP contribution < -0.4 is 10.6 Å². The third-order valence-electron chi connectivity index (χ3n) is 2.77. The Bertz CT molecular complexity index is 456. The van der Waals surface area contributed by atoms with Gasteiger partial charge in [0.1, 0.15) is 6.04 Å². The summed E-state index contributed by atoms with van der Waals surface area (Å²) in [6.45, 7) is 4.27. The Labute approximate surface area is 118 Å². The highest BCUT2D eigenvalue weighted by atomic mass is 16.4. The van der Waals surface area contributed by atoms with E-state index in [1.807, 2.05) is 27.1 Å². The molecule has 0 aliphatic rings. The Morgan fingerprint density at radius 2 is 2.15 bits per heavy atom. The molecule has 0 fully saturated rings. The van der Waals surface area contributed by atoms with Crippen molar-refractivity contribution in [3.05, 3.63) is 18.0 Å². The molecule has 1 aromatic rings. The number of amides is 2. The molecule has 1 atom stereocenters. The van der Waals surface area contributed by atoms with Crippen LogP contribution in [-0.4, -0.2) is 39.5 Å². The molecule has 0 spiro atoms. The Balaban J connectivity index is 2.32. The molecule has 0 aromatic carbocycles. The number of nitrogens with zero attached hydrogens (tertiary/aromatic N) is 2. The van der Waals surface area contributed by atoms with Crippen molar-refractivity contribution < 1.29 is 14.7 Å². The van der Waals surface area contributed by atoms with E-state index in [0.29, 0.717) is 19.4 Å². The number of carbonyl (C=O) groups excluding carboxylic acids is 1. The topological polar surface area (TPSA) is 96.3 Å². The van der Waals surface area contributed by atoms with Gasteiger partial charge in [0.25, 0.3) is 0 Å². The van der Waals surface area contributed by atoms with Gasteiger partial charge in [0.05, 0.1) is 6.20 Å². The molecule has 0 unspecified atom stereocenters. The average molecular weight is 282 g/mol. The van der Waals surface area contributed by atoms with Crippen LogP contribution in [-0.2, 0) is 18.3 Å². The first-order valence-corrected chi connectivity index (χ1v) is 6.63. The van der Waals surface area contributed by atoms with Crippen molar-refractivity contribution in [3.63, 3.8) is 0 Å². The van der Waals surface area contributed by atoms with Crippen LogP contribution in [0.3, 0.4) is 0 Å². The first-order valence-electron chi connectivity index (χ1n) is 6.63. The maximum atomic E-state index is 11.6. The van der Waals surface area contributed by atoms with Crippen LogP contribution in [0.2, 0.25) is 0 Å². The summed E-state index contributed by atoms with van der Waals surface area (Å²) in [4.78, 5) is 22.6. The van der Waals surface area contributed by atoms with Crippen LogP contribution in [0.1, 0.15) is 25.8 Å². The molecule has 0 aliphatic heterocycles. The van der Waals surface area contributed by atoms with Gasteiger partial charge in [-0.3, -0.25) is 4.68 Å². The zero-order chi connectivity index (χ0) is 15.1. The zero-order valence-corrected chi connectivity index (χ0v) is 12.1. The SMILES string of the molecule is CC(C)C[C@H](NC(=O)NCCc1cnn(C)c1)C(=O)O. The smallest absolute Gasteiger partial charge is 0.326 e. The van der Waals surface area contributed by atoms with E-state index in [2.05, 4.69) is 15.7 Å². The highest BCUT2D eigenvalue weighted by Gasteiger charge is 2.20. The summed E-state index contributed by atoms with van der Waals surface area (Å²) in [7, 11) is 1.83. The Hall–Kier alpha value is -2.05. The molecule has 0 radical (unpaired) electrons.